The first-order valence-corrected chi connectivity index (χ1v) is 11.8. The number of aryl methyl sites for hydroxylation is 2. The van der Waals surface area contributed by atoms with Crippen molar-refractivity contribution in [3.8, 4) is 33.8 Å². The van der Waals surface area contributed by atoms with E-state index in [9.17, 15) is 18.3 Å². The summed E-state index contributed by atoms with van der Waals surface area (Å²) in [6.07, 6.45) is 4.62. The first kappa shape index (κ1) is 25.1. The Morgan fingerprint density at radius 2 is 1.36 bits per heavy atom. The molecule has 0 aromatic heterocycles. The molecule has 0 unspecified atom stereocenters. The lowest BCUT2D eigenvalue weighted by atomic mass is 9.97. The fourth-order valence-corrected chi connectivity index (χ4v) is 4.00. The quantitative estimate of drug-likeness (QED) is 0.180. The Bertz CT molecular complexity index is 1330. The van der Waals surface area contributed by atoms with Crippen molar-refractivity contribution >= 4 is 0 Å². The van der Waals surface area contributed by atoms with E-state index in [4.69, 9.17) is 4.74 Å². The van der Waals surface area contributed by atoms with Gasteiger partial charge < -0.3 is 9.84 Å². The third kappa shape index (κ3) is 5.98. The van der Waals surface area contributed by atoms with Crippen LogP contribution in [0.4, 0.5) is 13.2 Å². The summed E-state index contributed by atoms with van der Waals surface area (Å²) in [7, 11) is 0. The zero-order valence-corrected chi connectivity index (χ0v) is 19.8. The zero-order chi connectivity index (χ0) is 25.5. The van der Waals surface area contributed by atoms with Gasteiger partial charge in [0.15, 0.2) is 11.6 Å². The topological polar surface area (TPSA) is 29.5 Å². The smallest absolute Gasteiger partial charge is 0.167 e. The minimum Gasteiger partial charge on any atom is -0.508 e. The lowest BCUT2D eigenvalue weighted by Gasteiger charge is -2.11. The van der Waals surface area contributed by atoms with Crippen molar-refractivity contribution in [2.45, 2.75) is 25.7 Å². The van der Waals surface area contributed by atoms with Crippen molar-refractivity contribution in [3.63, 3.8) is 0 Å². The molecule has 0 radical (unpaired) electrons. The lowest BCUT2D eigenvalue weighted by molar-refractivity contribution is 0.310. The average molecular weight is 489 g/mol. The van der Waals surface area contributed by atoms with Crippen LogP contribution in [0, 0.1) is 17.5 Å². The van der Waals surface area contributed by atoms with Gasteiger partial charge in [-0.2, -0.15) is 0 Å². The molecule has 0 amide bonds. The molecule has 0 saturated carbocycles. The molecule has 36 heavy (non-hydrogen) atoms. The number of benzene rings is 4. The molecule has 184 valence electrons. The number of halogens is 3. The van der Waals surface area contributed by atoms with Crippen molar-refractivity contribution in [3.05, 3.63) is 120 Å². The Hall–Kier alpha value is -3.99. The van der Waals surface area contributed by atoms with E-state index < -0.39 is 11.6 Å². The van der Waals surface area contributed by atoms with Gasteiger partial charge in [-0.1, -0.05) is 60.7 Å². The molecule has 0 atom stereocenters. The number of rotatable bonds is 10. The highest BCUT2D eigenvalue weighted by molar-refractivity contribution is 5.72. The first-order chi connectivity index (χ1) is 17.5. The van der Waals surface area contributed by atoms with Crippen molar-refractivity contribution in [1.82, 2.24) is 0 Å². The molecule has 0 saturated heterocycles. The lowest BCUT2D eigenvalue weighted by Crippen LogP contribution is -1.99. The highest BCUT2D eigenvalue weighted by Gasteiger charge is 2.16. The summed E-state index contributed by atoms with van der Waals surface area (Å²) in [5.41, 5.74) is 2.88. The van der Waals surface area contributed by atoms with Gasteiger partial charge in [0.2, 0.25) is 0 Å². The highest BCUT2D eigenvalue weighted by atomic mass is 19.2. The van der Waals surface area contributed by atoms with E-state index in [1.807, 2.05) is 18.2 Å². The number of unbranched alkanes of at least 4 members (excludes halogenated alkanes) is 1. The molecule has 4 rings (SSSR count). The van der Waals surface area contributed by atoms with Crippen LogP contribution in [0.1, 0.15) is 24.0 Å². The molecule has 0 bridgehead atoms. The number of hydrogen-bond donors (Lipinski definition) is 1. The normalized spacial score (nSPS) is 10.9. The summed E-state index contributed by atoms with van der Waals surface area (Å²) in [5, 5.41) is 9.42. The summed E-state index contributed by atoms with van der Waals surface area (Å²) in [4.78, 5) is 0. The molecular weight excluding hydrogens is 461 g/mol. The number of aromatic hydroxyl groups is 1. The van der Waals surface area contributed by atoms with E-state index in [1.165, 1.54) is 36.4 Å². The van der Waals surface area contributed by atoms with Crippen LogP contribution in [0.15, 0.2) is 91.5 Å². The Balaban J connectivity index is 1.41. The summed E-state index contributed by atoms with van der Waals surface area (Å²) in [5.74, 6) is -1.61. The van der Waals surface area contributed by atoms with Gasteiger partial charge in [-0.3, -0.25) is 0 Å². The second-order valence-corrected chi connectivity index (χ2v) is 8.57. The van der Waals surface area contributed by atoms with E-state index in [1.54, 1.807) is 30.3 Å². The number of allylic oxidation sites excluding steroid dienone is 1. The fraction of sp³-hybridized carbons (Fsp3) is 0.161. The van der Waals surface area contributed by atoms with E-state index in [0.717, 1.165) is 18.4 Å². The van der Waals surface area contributed by atoms with Crippen LogP contribution < -0.4 is 4.74 Å². The van der Waals surface area contributed by atoms with Gasteiger partial charge >= 0.3 is 0 Å². The molecule has 0 aliphatic rings. The molecule has 0 spiro atoms. The van der Waals surface area contributed by atoms with Crippen LogP contribution in [0.2, 0.25) is 0 Å². The minimum atomic E-state index is -0.939. The van der Waals surface area contributed by atoms with Gasteiger partial charge in [-0.05, 0) is 66.1 Å². The standard InChI is InChI=1S/C31H27F3O2/c1-2-3-4-19-36-26-16-13-24(29(32)20-26)10-7-21-5-8-22(9-6-21)27-17-18-28(31(34)30(27)33)23-11-14-25(35)15-12-23/h2,5-6,8-9,11-18,20,35H,1,3-4,7,10,19H2. The maximum absolute atomic E-state index is 14.9. The predicted molar refractivity (Wildman–Crippen MR) is 138 cm³/mol. The summed E-state index contributed by atoms with van der Waals surface area (Å²) in [6.45, 7) is 4.18. The molecule has 0 fully saturated rings. The van der Waals surface area contributed by atoms with Gasteiger partial charge in [0, 0.05) is 17.2 Å². The van der Waals surface area contributed by atoms with Crippen LogP contribution >= 0.6 is 0 Å². The van der Waals surface area contributed by atoms with E-state index in [-0.39, 0.29) is 22.7 Å². The number of phenols is 1. The second kappa shape index (κ2) is 11.6. The van der Waals surface area contributed by atoms with Crippen molar-refractivity contribution in [1.29, 1.82) is 0 Å². The molecule has 2 nitrogen and oxygen atoms in total. The summed E-state index contributed by atoms with van der Waals surface area (Å²) in [6, 6.07) is 21.1. The van der Waals surface area contributed by atoms with Gasteiger partial charge in [0.25, 0.3) is 0 Å². The van der Waals surface area contributed by atoms with Crippen LogP contribution in [-0.4, -0.2) is 11.7 Å². The molecule has 4 aromatic carbocycles. The summed E-state index contributed by atoms with van der Waals surface area (Å²) >= 11 is 0. The third-order valence-corrected chi connectivity index (χ3v) is 6.05. The average Bonchev–Trinajstić information content (AvgIpc) is 2.89. The first-order valence-electron chi connectivity index (χ1n) is 11.8. The Morgan fingerprint density at radius 3 is 1.94 bits per heavy atom. The predicted octanol–water partition coefficient (Wildman–Crippen LogP) is 8.27. The molecule has 5 heteroatoms. The molecule has 1 N–H and O–H groups in total. The van der Waals surface area contributed by atoms with Crippen molar-refractivity contribution in [2.75, 3.05) is 6.61 Å². The molecule has 0 aliphatic carbocycles. The molecule has 4 aromatic rings. The Kier molecular flexibility index (Phi) is 8.11. The summed E-state index contributed by atoms with van der Waals surface area (Å²) < 4.78 is 49.7. The van der Waals surface area contributed by atoms with E-state index in [0.29, 0.717) is 41.9 Å². The monoisotopic (exact) mass is 488 g/mol. The van der Waals surface area contributed by atoms with Gasteiger partial charge in [0.1, 0.15) is 17.3 Å². The molecule has 0 aliphatic heterocycles. The third-order valence-electron chi connectivity index (χ3n) is 6.05. The van der Waals surface area contributed by atoms with Crippen LogP contribution in [-0.2, 0) is 12.8 Å². The van der Waals surface area contributed by atoms with Gasteiger partial charge in [-0.25, -0.2) is 13.2 Å². The van der Waals surface area contributed by atoms with Gasteiger partial charge in [0.05, 0.1) is 6.61 Å². The fourth-order valence-electron chi connectivity index (χ4n) is 4.00. The second-order valence-electron chi connectivity index (χ2n) is 8.57. The molecule has 0 heterocycles. The minimum absolute atomic E-state index is 0.0556. The zero-order valence-electron chi connectivity index (χ0n) is 19.8. The van der Waals surface area contributed by atoms with Crippen LogP contribution in [0.5, 0.6) is 11.5 Å². The Morgan fingerprint density at radius 1 is 0.750 bits per heavy atom. The highest BCUT2D eigenvalue weighted by Crippen LogP contribution is 2.32. The van der Waals surface area contributed by atoms with Crippen molar-refractivity contribution in [2.24, 2.45) is 0 Å². The van der Waals surface area contributed by atoms with Crippen LogP contribution in [0.25, 0.3) is 22.3 Å². The number of hydrogen-bond acceptors (Lipinski definition) is 2. The van der Waals surface area contributed by atoms with E-state index in [2.05, 4.69) is 6.58 Å². The largest absolute Gasteiger partial charge is 0.508 e. The SMILES string of the molecule is C=CCCCOc1ccc(CCc2ccc(-c3ccc(-c4ccc(O)cc4)c(F)c3F)cc2)c(F)c1. The number of ether oxygens (including phenoxy) is 1. The van der Waals surface area contributed by atoms with Crippen molar-refractivity contribution < 1.29 is 23.0 Å². The van der Waals surface area contributed by atoms with Gasteiger partial charge in [-0.15, -0.1) is 6.58 Å². The Labute approximate surface area is 209 Å². The van der Waals surface area contributed by atoms with Crippen LogP contribution in [0.3, 0.4) is 0 Å². The van der Waals surface area contributed by atoms with E-state index >= 15 is 0 Å². The molecular formula is C31H27F3O2. The maximum Gasteiger partial charge on any atom is 0.167 e. The number of phenolic OH excluding ortho intramolecular Hbond substituents is 1. The maximum atomic E-state index is 14.9.